The second-order valence-corrected chi connectivity index (χ2v) is 3.64. The van der Waals surface area contributed by atoms with Crippen LogP contribution in [0.15, 0.2) is 42.5 Å². The molecule has 0 atom stereocenters. The van der Waals surface area contributed by atoms with Gasteiger partial charge in [0.15, 0.2) is 5.78 Å². The molecule has 1 amide bonds. The summed E-state index contributed by atoms with van der Waals surface area (Å²) < 4.78 is 0. The largest absolute Gasteiger partial charge is 0.348 e. The molecule has 0 bridgehead atoms. The summed E-state index contributed by atoms with van der Waals surface area (Å²) >= 11 is 0. The maximum Gasteiger partial charge on any atom is 0.224 e. The number of amides is 1. The quantitative estimate of drug-likeness (QED) is 0.759. The average Bonchev–Trinajstić information content (AvgIpc) is 2.27. The zero-order valence-corrected chi connectivity index (χ0v) is 9.32. The van der Waals surface area contributed by atoms with E-state index in [1.807, 2.05) is 30.3 Å². The Morgan fingerprint density at radius 2 is 1.88 bits per heavy atom. The van der Waals surface area contributed by atoms with Gasteiger partial charge in [-0.2, -0.15) is 0 Å². The molecule has 0 unspecified atom stereocenters. The van der Waals surface area contributed by atoms with Crippen molar-refractivity contribution in [2.24, 2.45) is 0 Å². The Kier molecular flexibility index (Phi) is 4.45. The van der Waals surface area contributed by atoms with Gasteiger partial charge in [-0.25, -0.2) is 0 Å². The van der Waals surface area contributed by atoms with Crippen LogP contribution in [-0.2, 0) is 16.0 Å². The van der Waals surface area contributed by atoms with E-state index in [0.717, 1.165) is 5.56 Å². The van der Waals surface area contributed by atoms with E-state index in [9.17, 15) is 9.59 Å². The topological polar surface area (TPSA) is 46.2 Å². The fourth-order valence-electron chi connectivity index (χ4n) is 1.17. The number of carbonyl (C=O) groups is 2. The third-order valence-corrected chi connectivity index (χ3v) is 2.13. The predicted octanol–water partition coefficient (Wildman–Crippen LogP) is 1.49. The molecule has 0 radical (unpaired) electrons. The molecule has 0 aliphatic heterocycles. The van der Waals surface area contributed by atoms with Crippen LogP contribution in [-0.4, -0.2) is 18.2 Å². The van der Waals surface area contributed by atoms with E-state index in [1.165, 1.54) is 0 Å². The van der Waals surface area contributed by atoms with Gasteiger partial charge in [0.25, 0.3) is 0 Å². The summed E-state index contributed by atoms with van der Waals surface area (Å²) in [6.45, 7) is 5.18. The first kappa shape index (κ1) is 12.2. The Morgan fingerprint density at radius 1 is 1.25 bits per heavy atom. The normalized spacial score (nSPS) is 9.56. The molecule has 0 aromatic heterocycles. The zero-order valence-electron chi connectivity index (χ0n) is 9.32. The van der Waals surface area contributed by atoms with Crippen LogP contribution in [0.5, 0.6) is 0 Å². The highest BCUT2D eigenvalue weighted by molar-refractivity contribution is 5.97. The van der Waals surface area contributed by atoms with Crippen molar-refractivity contribution in [3.05, 3.63) is 48.0 Å². The van der Waals surface area contributed by atoms with Crippen LogP contribution in [0.3, 0.4) is 0 Å². The van der Waals surface area contributed by atoms with E-state index >= 15 is 0 Å². The molecule has 1 aromatic rings. The molecule has 84 valence electrons. The number of benzene rings is 1. The summed E-state index contributed by atoms with van der Waals surface area (Å²) in [7, 11) is 0. The maximum atomic E-state index is 11.4. The van der Waals surface area contributed by atoms with Crippen molar-refractivity contribution in [1.82, 2.24) is 5.32 Å². The SMILES string of the molecule is C=C(C)C(=O)CNC(=O)Cc1ccccc1. The van der Waals surface area contributed by atoms with Crippen LogP contribution in [0, 0.1) is 0 Å². The molecule has 1 N–H and O–H groups in total. The minimum absolute atomic E-state index is 0.0288. The summed E-state index contributed by atoms with van der Waals surface area (Å²) in [4.78, 5) is 22.6. The fourth-order valence-corrected chi connectivity index (χ4v) is 1.17. The Bertz CT molecular complexity index is 396. The lowest BCUT2D eigenvalue weighted by Gasteiger charge is -2.04. The van der Waals surface area contributed by atoms with Gasteiger partial charge in [-0.05, 0) is 18.1 Å². The minimum atomic E-state index is -0.152. The van der Waals surface area contributed by atoms with Crippen LogP contribution in [0.1, 0.15) is 12.5 Å². The summed E-state index contributed by atoms with van der Waals surface area (Å²) in [5.74, 6) is -0.290. The van der Waals surface area contributed by atoms with Crippen molar-refractivity contribution in [2.75, 3.05) is 6.54 Å². The number of nitrogens with one attached hydrogen (secondary N) is 1. The first-order valence-corrected chi connectivity index (χ1v) is 5.09. The number of carbonyl (C=O) groups excluding carboxylic acids is 2. The molecule has 0 fully saturated rings. The van der Waals surface area contributed by atoms with Gasteiger partial charge in [0, 0.05) is 0 Å². The molecule has 0 heterocycles. The van der Waals surface area contributed by atoms with E-state index in [0.29, 0.717) is 12.0 Å². The standard InChI is InChI=1S/C13H15NO2/c1-10(2)12(15)9-14-13(16)8-11-6-4-3-5-7-11/h3-7H,1,8-9H2,2H3,(H,14,16). The molecular weight excluding hydrogens is 202 g/mol. The van der Waals surface area contributed by atoms with E-state index in [2.05, 4.69) is 11.9 Å². The molecule has 0 aliphatic rings. The number of hydrogen-bond acceptors (Lipinski definition) is 2. The molecule has 0 aliphatic carbocycles. The van der Waals surface area contributed by atoms with Gasteiger partial charge in [0.1, 0.15) is 0 Å². The van der Waals surface area contributed by atoms with Crippen molar-refractivity contribution in [2.45, 2.75) is 13.3 Å². The summed E-state index contributed by atoms with van der Waals surface area (Å²) in [6, 6.07) is 9.40. The third kappa shape index (κ3) is 4.09. The van der Waals surface area contributed by atoms with Gasteiger partial charge < -0.3 is 5.32 Å². The molecule has 3 nitrogen and oxygen atoms in total. The van der Waals surface area contributed by atoms with Crippen molar-refractivity contribution in [1.29, 1.82) is 0 Å². The Hall–Kier alpha value is -1.90. The third-order valence-electron chi connectivity index (χ3n) is 2.13. The smallest absolute Gasteiger partial charge is 0.224 e. The fraction of sp³-hybridized carbons (Fsp3) is 0.231. The average molecular weight is 217 g/mol. The van der Waals surface area contributed by atoms with Gasteiger partial charge in [0.05, 0.1) is 13.0 Å². The second-order valence-electron chi connectivity index (χ2n) is 3.64. The highest BCUT2D eigenvalue weighted by Crippen LogP contribution is 1.99. The maximum absolute atomic E-state index is 11.4. The van der Waals surface area contributed by atoms with Gasteiger partial charge >= 0.3 is 0 Å². The summed E-state index contributed by atoms with van der Waals surface area (Å²) in [5, 5.41) is 2.56. The zero-order chi connectivity index (χ0) is 12.0. The molecule has 16 heavy (non-hydrogen) atoms. The van der Waals surface area contributed by atoms with E-state index in [1.54, 1.807) is 6.92 Å². The van der Waals surface area contributed by atoms with Crippen molar-refractivity contribution < 1.29 is 9.59 Å². The predicted molar refractivity (Wildman–Crippen MR) is 63.0 cm³/mol. The second kappa shape index (κ2) is 5.85. The van der Waals surface area contributed by atoms with E-state index in [-0.39, 0.29) is 18.2 Å². The number of Topliss-reactive ketones (excluding diaryl/α,β-unsaturated/α-hetero) is 1. The minimum Gasteiger partial charge on any atom is -0.348 e. The van der Waals surface area contributed by atoms with Gasteiger partial charge in [0.2, 0.25) is 5.91 Å². The van der Waals surface area contributed by atoms with Crippen molar-refractivity contribution in [3.8, 4) is 0 Å². The number of rotatable bonds is 5. The molecule has 0 saturated carbocycles. The van der Waals surface area contributed by atoms with Crippen LogP contribution >= 0.6 is 0 Å². The Labute approximate surface area is 95.2 Å². The van der Waals surface area contributed by atoms with E-state index in [4.69, 9.17) is 0 Å². The lowest BCUT2D eigenvalue weighted by molar-refractivity contribution is -0.123. The molecule has 0 spiro atoms. The van der Waals surface area contributed by atoms with Crippen LogP contribution in [0.4, 0.5) is 0 Å². The highest BCUT2D eigenvalue weighted by atomic mass is 16.2. The Morgan fingerprint density at radius 3 is 2.44 bits per heavy atom. The molecule has 1 aromatic carbocycles. The molecule has 1 rings (SSSR count). The molecule has 3 heteroatoms. The Balaban J connectivity index is 2.37. The first-order valence-electron chi connectivity index (χ1n) is 5.09. The van der Waals surface area contributed by atoms with Crippen LogP contribution < -0.4 is 5.32 Å². The summed E-state index contributed by atoms with van der Waals surface area (Å²) in [5.41, 5.74) is 1.39. The number of hydrogen-bond donors (Lipinski definition) is 1. The first-order chi connectivity index (χ1) is 7.59. The molecule has 0 saturated heterocycles. The van der Waals surface area contributed by atoms with Gasteiger partial charge in [-0.3, -0.25) is 9.59 Å². The van der Waals surface area contributed by atoms with Gasteiger partial charge in [-0.15, -0.1) is 0 Å². The van der Waals surface area contributed by atoms with Gasteiger partial charge in [-0.1, -0.05) is 36.9 Å². The number of ketones is 1. The van der Waals surface area contributed by atoms with Crippen molar-refractivity contribution in [3.63, 3.8) is 0 Å². The summed E-state index contributed by atoms with van der Waals surface area (Å²) in [6.07, 6.45) is 0.296. The van der Waals surface area contributed by atoms with Crippen LogP contribution in [0.2, 0.25) is 0 Å². The van der Waals surface area contributed by atoms with Crippen LogP contribution in [0.25, 0.3) is 0 Å². The van der Waals surface area contributed by atoms with E-state index < -0.39 is 0 Å². The lowest BCUT2D eigenvalue weighted by Crippen LogP contribution is -2.30. The lowest BCUT2D eigenvalue weighted by atomic mass is 10.1. The highest BCUT2D eigenvalue weighted by Gasteiger charge is 2.06. The monoisotopic (exact) mass is 217 g/mol. The molecular formula is C13H15NO2. The van der Waals surface area contributed by atoms with Crippen molar-refractivity contribution >= 4 is 11.7 Å².